The van der Waals surface area contributed by atoms with E-state index in [0.29, 0.717) is 25.9 Å². The maximum atomic E-state index is 12.8. The Labute approximate surface area is 149 Å². The molecule has 1 aromatic rings. The Morgan fingerprint density at radius 1 is 1.24 bits per heavy atom. The Balaban J connectivity index is 1.64. The molecule has 1 saturated carbocycles. The van der Waals surface area contributed by atoms with Gasteiger partial charge in [-0.1, -0.05) is 19.4 Å². The number of carboxylic acids is 1. The second-order valence-electron chi connectivity index (χ2n) is 7.19. The summed E-state index contributed by atoms with van der Waals surface area (Å²) in [6.07, 6.45) is 4.65. The van der Waals surface area contributed by atoms with Gasteiger partial charge in [0.25, 0.3) is 0 Å². The van der Waals surface area contributed by atoms with Gasteiger partial charge in [0.1, 0.15) is 5.75 Å². The minimum atomic E-state index is -0.763. The summed E-state index contributed by atoms with van der Waals surface area (Å²) in [7, 11) is 0. The molecule has 5 nitrogen and oxygen atoms in total. The molecular weight excluding hydrogens is 318 g/mol. The Morgan fingerprint density at radius 3 is 2.80 bits per heavy atom. The fourth-order valence-electron chi connectivity index (χ4n) is 3.92. The van der Waals surface area contributed by atoms with Gasteiger partial charge >= 0.3 is 5.97 Å². The number of aliphatic carboxylic acids is 1. The number of carbonyl (C=O) groups is 2. The minimum Gasteiger partial charge on any atom is -0.494 e. The van der Waals surface area contributed by atoms with Crippen molar-refractivity contribution in [2.45, 2.75) is 52.0 Å². The van der Waals surface area contributed by atoms with Crippen molar-refractivity contribution in [1.82, 2.24) is 4.90 Å². The Kier molecular flexibility index (Phi) is 5.61. The van der Waals surface area contributed by atoms with E-state index in [1.807, 2.05) is 11.0 Å². The number of nitrogens with zero attached hydrogens (tertiary/aromatic N) is 1. The van der Waals surface area contributed by atoms with E-state index in [4.69, 9.17) is 4.74 Å². The first-order valence-corrected chi connectivity index (χ1v) is 9.34. The second-order valence-corrected chi connectivity index (χ2v) is 7.19. The lowest BCUT2D eigenvalue weighted by Gasteiger charge is -2.34. The number of carboxylic acid groups (broad SMARTS) is 1. The third kappa shape index (κ3) is 4.14. The van der Waals surface area contributed by atoms with E-state index >= 15 is 0 Å². The molecule has 0 spiro atoms. The predicted molar refractivity (Wildman–Crippen MR) is 94.4 cm³/mol. The van der Waals surface area contributed by atoms with Crippen LogP contribution >= 0.6 is 0 Å². The fraction of sp³-hybridized carbons (Fsp3) is 0.600. The zero-order chi connectivity index (χ0) is 17.8. The Hall–Kier alpha value is -2.04. The van der Waals surface area contributed by atoms with Crippen LogP contribution in [0.3, 0.4) is 0 Å². The van der Waals surface area contributed by atoms with Crippen molar-refractivity contribution in [3.05, 3.63) is 29.3 Å². The van der Waals surface area contributed by atoms with Gasteiger partial charge in [0.2, 0.25) is 5.91 Å². The maximum absolute atomic E-state index is 12.8. The zero-order valence-corrected chi connectivity index (χ0v) is 14.9. The summed E-state index contributed by atoms with van der Waals surface area (Å²) in [5, 5.41) is 9.23. The van der Waals surface area contributed by atoms with Crippen molar-refractivity contribution in [2.24, 2.45) is 11.8 Å². The lowest BCUT2D eigenvalue weighted by Crippen LogP contribution is -2.41. The number of benzene rings is 1. The average molecular weight is 345 g/mol. The van der Waals surface area contributed by atoms with Crippen LogP contribution in [0.1, 0.15) is 50.2 Å². The molecule has 2 unspecified atom stereocenters. The van der Waals surface area contributed by atoms with Gasteiger partial charge in [0, 0.05) is 19.0 Å². The first-order valence-electron chi connectivity index (χ1n) is 9.34. The van der Waals surface area contributed by atoms with Crippen LogP contribution in [-0.2, 0) is 22.6 Å². The highest BCUT2D eigenvalue weighted by atomic mass is 16.5. The maximum Gasteiger partial charge on any atom is 0.306 e. The van der Waals surface area contributed by atoms with Crippen LogP contribution in [0, 0.1) is 11.8 Å². The van der Waals surface area contributed by atoms with E-state index in [2.05, 4.69) is 19.1 Å². The zero-order valence-electron chi connectivity index (χ0n) is 14.9. The molecule has 1 aromatic carbocycles. The molecule has 1 aliphatic carbocycles. The average Bonchev–Trinajstić information content (AvgIpc) is 2.65. The summed E-state index contributed by atoms with van der Waals surface area (Å²) >= 11 is 0. The van der Waals surface area contributed by atoms with Crippen LogP contribution in [0.25, 0.3) is 0 Å². The van der Waals surface area contributed by atoms with E-state index in [-0.39, 0.29) is 17.7 Å². The molecule has 2 atom stereocenters. The molecule has 0 aromatic heterocycles. The van der Waals surface area contributed by atoms with Gasteiger partial charge in [-0.05, 0) is 55.4 Å². The molecule has 1 heterocycles. The highest BCUT2D eigenvalue weighted by Crippen LogP contribution is 2.32. The van der Waals surface area contributed by atoms with Crippen LogP contribution in [0.2, 0.25) is 0 Å². The third-order valence-electron chi connectivity index (χ3n) is 5.35. The number of carbonyl (C=O) groups excluding carboxylic acids is 1. The molecule has 1 amide bonds. The van der Waals surface area contributed by atoms with Gasteiger partial charge in [0.15, 0.2) is 0 Å². The Bertz CT molecular complexity index is 643. The van der Waals surface area contributed by atoms with Crippen LogP contribution < -0.4 is 4.74 Å². The smallest absolute Gasteiger partial charge is 0.306 e. The van der Waals surface area contributed by atoms with Crippen molar-refractivity contribution in [2.75, 3.05) is 13.2 Å². The lowest BCUT2D eigenvalue weighted by atomic mass is 9.80. The molecule has 0 saturated heterocycles. The van der Waals surface area contributed by atoms with Crippen LogP contribution in [-0.4, -0.2) is 35.0 Å². The van der Waals surface area contributed by atoms with Crippen LogP contribution in [0.4, 0.5) is 0 Å². The van der Waals surface area contributed by atoms with Crippen LogP contribution in [0.15, 0.2) is 18.2 Å². The molecule has 0 bridgehead atoms. The fourth-order valence-corrected chi connectivity index (χ4v) is 3.92. The van der Waals surface area contributed by atoms with Gasteiger partial charge in [-0.25, -0.2) is 0 Å². The van der Waals surface area contributed by atoms with Crippen molar-refractivity contribution in [3.63, 3.8) is 0 Å². The number of ether oxygens (including phenoxy) is 1. The summed E-state index contributed by atoms with van der Waals surface area (Å²) in [6, 6.07) is 6.12. The minimum absolute atomic E-state index is 0.128. The molecule has 1 aliphatic heterocycles. The molecule has 2 aliphatic rings. The highest BCUT2D eigenvalue weighted by molar-refractivity contribution is 5.80. The van der Waals surface area contributed by atoms with Crippen molar-refractivity contribution >= 4 is 11.9 Å². The molecular formula is C20H27NO4. The van der Waals surface area contributed by atoms with E-state index in [1.54, 1.807) is 0 Å². The number of hydrogen-bond acceptors (Lipinski definition) is 3. The van der Waals surface area contributed by atoms with Gasteiger partial charge in [-0.2, -0.15) is 0 Å². The summed E-state index contributed by atoms with van der Waals surface area (Å²) in [4.78, 5) is 26.0. The van der Waals surface area contributed by atoms with E-state index in [9.17, 15) is 14.7 Å². The first kappa shape index (κ1) is 17.8. The molecule has 5 heteroatoms. The lowest BCUT2D eigenvalue weighted by molar-refractivity contribution is -0.145. The third-order valence-corrected chi connectivity index (χ3v) is 5.35. The van der Waals surface area contributed by atoms with Gasteiger partial charge in [0.05, 0.1) is 12.5 Å². The molecule has 1 N–H and O–H groups in total. The quantitative estimate of drug-likeness (QED) is 0.889. The summed E-state index contributed by atoms with van der Waals surface area (Å²) < 4.78 is 5.69. The van der Waals surface area contributed by atoms with Gasteiger partial charge < -0.3 is 14.7 Å². The summed E-state index contributed by atoms with van der Waals surface area (Å²) in [5.41, 5.74) is 2.43. The van der Waals surface area contributed by atoms with E-state index in [1.165, 1.54) is 11.1 Å². The highest BCUT2D eigenvalue weighted by Gasteiger charge is 2.34. The molecule has 136 valence electrons. The van der Waals surface area contributed by atoms with Crippen molar-refractivity contribution < 1.29 is 19.4 Å². The predicted octanol–water partition coefficient (Wildman–Crippen LogP) is 3.25. The van der Waals surface area contributed by atoms with Crippen molar-refractivity contribution in [1.29, 1.82) is 0 Å². The molecule has 25 heavy (non-hydrogen) atoms. The number of fused-ring (bicyclic) bond motifs is 1. The Morgan fingerprint density at radius 2 is 2.04 bits per heavy atom. The van der Waals surface area contributed by atoms with Gasteiger partial charge in [-0.3, -0.25) is 9.59 Å². The standard InChI is InChI=1S/C20H27NO4/c1-2-10-25-18-7-6-17-13-21(9-8-14(17)12-18)19(22)15-4-3-5-16(11-15)20(23)24/h6-7,12,15-16H,2-5,8-11,13H2,1H3,(H,23,24). The number of hydrogen-bond donors (Lipinski definition) is 1. The monoisotopic (exact) mass is 345 g/mol. The second kappa shape index (κ2) is 7.89. The van der Waals surface area contributed by atoms with E-state index < -0.39 is 5.97 Å². The number of amides is 1. The first-order chi connectivity index (χ1) is 12.1. The number of rotatable bonds is 5. The molecule has 0 radical (unpaired) electrons. The van der Waals surface area contributed by atoms with Crippen molar-refractivity contribution in [3.8, 4) is 5.75 Å². The summed E-state index contributed by atoms with van der Waals surface area (Å²) in [5.74, 6) is -0.234. The van der Waals surface area contributed by atoms with Gasteiger partial charge in [-0.15, -0.1) is 0 Å². The normalized spacial score (nSPS) is 23.0. The largest absolute Gasteiger partial charge is 0.494 e. The SMILES string of the molecule is CCCOc1ccc2c(c1)CCN(C(=O)C1CCCC(C(=O)O)C1)C2. The van der Waals surface area contributed by atoms with Crippen LogP contribution in [0.5, 0.6) is 5.75 Å². The topological polar surface area (TPSA) is 66.8 Å². The van der Waals surface area contributed by atoms with E-state index in [0.717, 1.165) is 38.0 Å². The molecule has 1 fully saturated rings. The summed E-state index contributed by atoms with van der Waals surface area (Å²) in [6.45, 7) is 4.13. The molecule has 3 rings (SSSR count).